The Balaban J connectivity index is 1.89. The predicted molar refractivity (Wildman–Crippen MR) is 109 cm³/mol. The molecular formula is C19H27N5O2S. The quantitative estimate of drug-likeness (QED) is 0.445. The number of pyridine rings is 1. The largest absolute Gasteiger partial charge is 0.357 e. The summed E-state index contributed by atoms with van der Waals surface area (Å²) in [6.45, 7) is 4.05. The number of aromatic nitrogens is 1. The number of hydrogen-bond acceptors (Lipinski definition) is 4. The summed E-state index contributed by atoms with van der Waals surface area (Å²) in [7, 11) is -1.84. The van der Waals surface area contributed by atoms with Crippen molar-refractivity contribution in [3.05, 3.63) is 65.5 Å². The number of hydrogen-bond donors (Lipinski definition) is 3. The number of nitrogens with one attached hydrogen (secondary N) is 3. The summed E-state index contributed by atoms with van der Waals surface area (Å²) in [4.78, 5) is 8.89. The number of aliphatic imine (C=N–C) groups is 1. The molecule has 27 heavy (non-hydrogen) atoms. The van der Waals surface area contributed by atoms with Crippen LogP contribution in [0.5, 0.6) is 0 Å². The normalized spacial score (nSPS) is 12.0. The average molecular weight is 390 g/mol. The molecule has 7 nitrogen and oxygen atoms in total. The first kappa shape index (κ1) is 20.9. The third-order valence-corrected chi connectivity index (χ3v) is 5.19. The lowest BCUT2D eigenvalue weighted by molar-refractivity contribution is 0.587. The summed E-state index contributed by atoms with van der Waals surface area (Å²) >= 11 is 0. The Morgan fingerprint density at radius 1 is 1.07 bits per heavy atom. The molecule has 8 heteroatoms. The van der Waals surface area contributed by atoms with Crippen molar-refractivity contribution in [2.45, 2.75) is 25.6 Å². The molecule has 3 N–H and O–H groups in total. The van der Waals surface area contributed by atoms with E-state index in [1.54, 1.807) is 6.20 Å². The molecule has 0 aliphatic rings. The van der Waals surface area contributed by atoms with Crippen molar-refractivity contribution < 1.29 is 8.42 Å². The van der Waals surface area contributed by atoms with E-state index in [4.69, 9.17) is 0 Å². The maximum atomic E-state index is 11.6. The standard InChI is InChI=1S/C19H27N5O2S/c1-3-21-19(23-13-11-18-6-4-5-12-22-18)24-14-16-7-9-17(10-8-16)15-27(25,26)20-2/h4-10,12,20H,3,11,13-15H2,1-2H3,(H2,21,23,24). The number of guanidine groups is 1. The fraction of sp³-hybridized carbons (Fsp3) is 0.368. The molecular weight excluding hydrogens is 362 g/mol. The van der Waals surface area contributed by atoms with Crippen LogP contribution in [0.4, 0.5) is 0 Å². The van der Waals surface area contributed by atoms with Gasteiger partial charge >= 0.3 is 0 Å². The van der Waals surface area contributed by atoms with Gasteiger partial charge in [-0.05, 0) is 37.2 Å². The Bertz CT molecular complexity index is 821. The van der Waals surface area contributed by atoms with E-state index in [-0.39, 0.29) is 5.75 Å². The summed E-state index contributed by atoms with van der Waals surface area (Å²) in [5.74, 6) is 0.723. The molecule has 0 saturated heterocycles. The van der Waals surface area contributed by atoms with Gasteiger partial charge in [0.25, 0.3) is 0 Å². The molecule has 0 aliphatic carbocycles. The maximum absolute atomic E-state index is 11.6. The second kappa shape index (κ2) is 10.6. The topological polar surface area (TPSA) is 95.5 Å². The summed E-state index contributed by atoms with van der Waals surface area (Å²) in [6.07, 6.45) is 2.61. The third-order valence-electron chi connectivity index (χ3n) is 3.85. The lowest BCUT2D eigenvalue weighted by Crippen LogP contribution is -2.38. The van der Waals surface area contributed by atoms with Crippen LogP contribution in [0.25, 0.3) is 0 Å². The SMILES string of the molecule is CCNC(=NCc1ccc(CS(=O)(=O)NC)cc1)NCCc1ccccn1. The molecule has 2 aromatic rings. The van der Waals surface area contributed by atoms with E-state index in [2.05, 4.69) is 25.3 Å². The Morgan fingerprint density at radius 2 is 1.81 bits per heavy atom. The van der Waals surface area contributed by atoms with Crippen LogP contribution < -0.4 is 15.4 Å². The van der Waals surface area contributed by atoms with E-state index in [9.17, 15) is 8.42 Å². The number of nitrogens with zero attached hydrogens (tertiary/aromatic N) is 2. The summed E-state index contributed by atoms with van der Waals surface area (Å²) in [5.41, 5.74) is 2.80. The van der Waals surface area contributed by atoms with E-state index >= 15 is 0 Å². The van der Waals surface area contributed by atoms with Crippen LogP contribution >= 0.6 is 0 Å². The number of benzene rings is 1. The van der Waals surface area contributed by atoms with Gasteiger partial charge in [0.2, 0.25) is 10.0 Å². The molecule has 0 amide bonds. The van der Waals surface area contributed by atoms with Gasteiger partial charge in [-0.2, -0.15) is 0 Å². The van der Waals surface area contributed by atoms with Gasteiger partial charge in [0, 0.05) is 31.4 Å². The monoisotopic (exact) mass is 389 g/mol. The van der Waals surface area contributed by atoms with E-state index in [1.165, 1.54) is 7.05 Å². The molecule has 1 aromatic carbocycles. The minimum absolute atomic E-state index is 0.0231. The zero-order valence-electron chi connectivity index (χ0n) is 15.8. The summed E-state index contributed by atoms with van der Waals surface area (Å²) in [5, 5.41) is 6.52. The molecule has 0 spiro atoms. The molecule has 0 radical (unpaired) electrons. The fourth-order valence-electron chi connectivity index (χ4n) is 2.40. The van der Waals surface area contributed by atoms with Crippen LogP contribution in [0.15, 0.2) is 53.7 Å². The highest BCUT2D eigenvalue weighted by Crippen LogP contribution is 2.08. The van der Waals surface area contributed by atoms with Crippen molar-refractivity contribution >= 4 is 16.0 Å². The Morgan fingerprint density at radius 3 is 2.44 bits per heavy atom. The molecule has 2 rings (SSSR count). The molecule has 0 atom stereocenters. The average Bonchev–Trinajstić information content (AvgIpc) is 2.68. The predicted octanol–water partition coefficient (Wildman–Crippen LogP) is 1.43. The van der Waals surface area contributed by atoms with Crippen molar-refractivity contribution in [3.63, 3.8) is 0 Å². The van der Waals surface area contributed by atoms with E-state index in [0.29, 0.717) is 6.54 Å². The second-order valence-corrected chi connectivity index (χ2v) is 7.90. The minimum Gasteiger partial charge on any atom is -0.357 e. The van der Waals surface area contributed by atoms with Crippen molar-refractivity contribution in [2.75, 3.05) is 20.1 Å². The van der Waals surface area contributed by atoms with Gasteiger partial charge in [-0.1, -0.05) is 30.3 Å². The first-order valence-electron chi connectivity index (χ1n) is 8.93. The summed E-state index contributed by atoms with van der Waals surface area (Å²) < 4.78 is 25.5. The highest BCUT2D eigenvalue weighted by Gasteiger charge is 2.08. The van der Waals surface area contributed by atoms with Crippen molar-refractivity contribution in [1.82, 2.24) is 20.3 Å². The van der Waals surface area contributed by atoms with E-state index in [1.807, 2.05) is 49.4 Å². The highest BCUT2D eigenvalue weighted by molar-refractivity contribution is 7.88. The van der Waals surface area contributed by atoms with Gasteiger partial charge < -0.3 is 10.6 Å². The number of rotatable bonds is 9. The third kappa shape index (κ3) is 7.76. The molecule has 0 unspecified atom stereocenters. The fourth-order valence-corrected chi connectivity index (χ4v) is 3.18. The van der Waals surface area contributed by atoms with Crippen molar-refractivity contribution in [2.24, 2.45) is 4.99 Å². The second-order valence-electron chi connectivity index (χ2n) is 5.97. The molecule has 0 aliphatic heterocycles. The van der Waals surface area contributed by atoms with E-state index in [0.717, 1.165) is 42.3 Å². The lowest BCUT2D eigenvalue weighted by atomic mass is 10.1. The van der Waals surface area contributed by atoms with Crippen LogP contribution in [-0.2, 0) is 28.7 Å². The Kier molecular flexibility index (Phi) is 8.22. The van der Waals surface area contributed by atoms with Gasteiger partial charge in [0.1, 0.15) is 0 Å². The zero-order chi connectivity index (χ0) is 19.5. The van der Waals surface area contributed by atoms with Gasteiger partial charge in [-0.25, -0.2) is 18.1 Å². The molecule has 1 aromatic heterocycles. The first-order chi connectivity index (χ1) is 13.0. The zero-order valence-corrected chi connectivity index (χ0v) is 16.6. The molecule has 1 heterocycles. The van der Waals surface area contributed by atoms with E-state index < -0.39 is 10.0 Å². The van der Waals surface area contributed by atoms with Gasteiger partial charge in [0.15, 0.2) is 5.96 Å². The highest BCUT2D eigenvalue weighted by atomic mass is 32.2. The van der Waals surface area contributed by atoms with Gasteiger partial charge in [-0.15, -0.1) is 0 Å². The Labute approximate surface area is 161 Å². The van der Waals surface area contributed by atoms with Crippen molar-refractivity contribution in [1.29, 1.82) is 0 Å². The van der Waals surface area contributed by atoms with Crippen LogP contribution in [0, 0.1) is 0 Å². The van der Waals surface area contributed by atoms with Crippen molar-refractivity contribution in [3.8, 4) is 0 Å². The number of sulfonamides is 1. The minimum atomic E-state index is -3.25. The van der Waals surface area contributed by atoms with Crippen LogP contribution in [0.3, 0.4) is 0 Å². The molecule has 146 valence electrons. The van der Waals surface area contributed by atoms with Crippen LogP contribution in [-0.4, -0.2) is 39.5 Å². The molecule has 0 saturated carbocycles. The Hall–Kier alpha value is -2.45. The molecule has 0 fully saturated rings. The lowest BCUT2D eigenvalue weighted by Gasteiger charge is -2.11. The van der Waals surface area contributed by atoms with Gasteiger partial charge in [0.05, 0.1) is 12.3 Å². The van der Waals surface area contributed by atoms with Gasteiger partial charge in [-0.3, -0.25) is 4.98 Å². The molecule has 0 bridgehead atoms. The van der Waals surface area contributed by atoms with Crippen LogP contribution in [0.2, 0.25) is 0 Å². The maximum Gasteiger partial charge on any atom is 0.215 e. The first-order valence-corrected chi connectivity index (χ1v) is 10.6. The smallest absolute Gasteiger partial charge is 0.215 e. The summed E-state index contributed by atoms with van der Waals surface area (Å²) in [6, 6.07) is 13.3. The van der Waals surface area contributed by atoms with Crippen LogP contribution in [0.1, 0.15) is 23.7 Å².